The van der Waals surface area contributed by atoms with E-state index in [1.165, 1.54) is 0 Å². The van der Waals surface area contributed by atoms with Gasteiger partial charge in [0, 0.05) is 11.4 Å². The van der Waals surface area contributed by atoms with Crippen LogP contribution in [0.2, 0.25) is 0 Å². The van der Waals surface area contributed by atoms with Gasteiger partial charge in [0.15, 0.2) is 0 Å². The highest BCUT2D eigenvalue weighted by Gasteiger charge is 2.16. The topological polar surface area (TPSA) is 59.1 Å². The maximum absolute atomic E-state index is 12.3. The number of hydrogen-bond donors (Lipinski definition) is 1. The van der Waals surface area contributed by atoms with Crippen LogP contribution in [0.15, 0.2) is 28.6 Å². The van der Waals surface area contributed by atoms with E-state index in [-0.39, 0.29) is 0 Å². The molecule has 0 amide bonds. The number of benzene rings is 1. The Balaban J connectivity index is 2.08. The van der Waals surface area contributed by atoms with Crippen LogP contribution in [0.25, 0.3) is 0 Å². The average molecular weight is 310 g/mol. The molecule has 0 fully saturated rings. The van der Waals surface area contributed by atoms with E-state index in [0.717, 1.165) is 21.7 Å². The van der Waals surface area contributed by atoms with E-state index in [1.54, 1.807) is 29.8 Å². The van der Waals surface area contributed by atoms with E-state index in [9.17, 15) is 8.42 Å². The van der Waals surface area contributed by atoms with E-state index in [2.05, 4.69) is 9.71 Å². The molecule has 0 aliphatic carbocycles. The zero-order chi connectivity index (χ0) is 14.8. The Morgan fingerprint density at radius 1 is 1.25 bits per heavy atom. The number of aryl methyl sites for hydroxylation is 3. The summed E-state index contributed by atoms with van der Waals surface area (Å²) >= 11 is 1.56. The molecule has 2 rings (SSSR count). The normalized spacial score (nSPS) is 11.8. The highest BCUT2D eigenvalue weighted by Crippen LogP contribution is 2.17. The molecule has 0 bridgehead atoms. The second-order valence-corrected chi connectivity index (χ2v) is 7.45. The average Bonchev–Trinajstić information content (AvgIpc) is 2.78. The zero-order valence-corrected chi connectivity index (χ0v) is 13.4. The standard InChI is InChI=1S/C14H18N2O2S2/c1-10-4-5-11(2)14(8-10)20(17,18)16-7-6-13-12(3)15-9-19-13/h4-5,8-9,16H,6-7H2,1-3H3. The number of nitrogens with one attached hydrogen (secondary N) is 1. The molecule has 20 heavy (non-hydrogen) atoms. The monoisotopic (exact) mass is 310 g/mol. The Kier molecular flexibility index (Phi) is 4.57. The van der Waals surface area contributed by atoms with Gasteiger partial charge in [0.25, 0.3) is 0 Å². The van der Waals surface area contributed by atoms with Crippen LogP contribution in [0.5, 0.6) is 0 Å². The molecule has 0 unspecified atom stereocenters. The highest BCUT2D eigenvalue weighted by molar-refractivity contribution is 7.89. The Morgan fingerprint density at radius 2 is 2.00 bits per heavy atom. The van der Waals surface area contributed by atoms with Crippen LogP contribution in [0.3, 0.4) is 0 Å². The molecule has 1 N–H and O–H groups in total. The van der Waals surface area contributed by atoms with Crippen molar-refractivity contribution in [2.75, 3.05) is 6.54 Å². The largest absolute Gasteiger partial charge is 0.250 e. The summed E-state index contributed by atoms with van der Waals surface area (Å²) < 4.78 is 27.3. The lowest BCUT2D eigenvalue weighted by Crippen LogP contribution is -2.26. The molecule has 1 aromatic carbocycles. The first-order valence-corrected chi connectivity index (χ1v) is 8.72. The third kappa shape index (κ3) is 3.45. The Bertz CT molecular complexity index is 706. The molecule has 6 heteroatoms. The van der Waals surface area contributed by atoms with Crippen LogP contribution in [0.4, 0.5) is 0 Å². The first-order chi connectivity index (χ1) is 9.40. The van der Waals surface area contributed by atoms with E-state index in [4.69, 9.17) is 0 Å². The fourth-order valence-electron chi connectivity index (χ4n) is 1.94. The van der Waals surface area contributed by atoms with Gasteiger partial charge >= 0.3 is 0 Å². The van der Waals surface area contributed by atoms with Crippen LogP contribution in [0.1, 0.15) is 21.7 Å². The van der Waals surface area contributed by atoms with E-state index in [0.29, 0.717) is 17.9 Å². The van der Waals surface area contributed by atoms with Crippen molar-refractivity contribution in [3.63, 3.8) is 0 Å². The summed E-state index contributed by atoms with van der Waals surface area (Å²) in [5.41, 5.74) is 4.46. The van der Waals surface area contributed by atoms with Gasteiger partial charge in [-0.2, -0.15) is 0 Å². The second-order valence-electron chi connectivity index (χ2n) is 4.78. The van der Waals surface area contributed by atoms with Crippen molar-refractivity contribution in [2.24, 2.45) is 0 Å². The van der Waals surface area contributed by atoms with Crippen LogP contribution >= 0.6 is 11.3 Å². The summed E-state index contributed by atoms with van der Waals surface area (Å²) in [7, 11) is -3.45. The molecule has 1 aromatic heterocycles. The van der Waals surface area contributed by atoms with Crippen LogP contribution in [0, 0.1) is 20.8 Å². The number of sulfonamides is 1. The maximum atomic E-state index is 12.3. The molecular weight excluding hydrogens is 292 g/mol. The Hall–Kier alpha value is -1.24. The first kappa shape index (κ1) is 15.2. The number of thiazole rings is 1. The van der Waals surface area contributed by atoms with Gasteiger partial charge in [-0.05, 0) is 44.4 Å². The van der Waals surface area contributed by atoms with Crippen molar-refractivity contribution < 1.29 is 8.42 Å². The molecule has 0 saturated heterocycles. The number of aromatic nitrogens is 1. The minimum Gasteiger partial charge on any atom is -0.250 e. The summed E-state index contributed by atoms with van der Waals surface area (Å²) in [6, 6.07) is 5.45. The molecule has 2 aromatic rings. The minimum absolute atomic E-state index is 0.360. The quantitative estimate of drug-likeness (QED) is 0.923. The fourth-order valence-corrected chi connectivity index (χ4v) is 4.08. The lowest BCUT2D eigenvalue weighted by molar-refractivity contribution is 0.581. The van der Waals surface area contributed by atoms with E-state index >= 15 is 0 Å². The van der Waals surface area contributed by atoms with Gasteiger partial charge in [0.2, 0.25) is 10.0 Å². The van der Waals surface area contributed by atoms with Crippen molar-refractivity contribution in [1.82, 2.24) is 9.71 Å². The molecule has 0 aliphatic rings. The van der Waals surface area contributed by atoms with Crippen molar-refractivity contribution in [2.45, 2.75) is 32.1 Å². The molecule has 0 saturated carbocycles. The summed E-state index contributed by atoms with van der Waals surface area (Å²) in [5, 5.41) is 0. The number of rotatable bonds is 5. The molecule has 1 heterocycles. The lowest BCUT2D eigenvalue weighted by Gasteiger charge is -2.10. The van der Waals surface area contributed by atoms with Gasteiger partial charge in [0.1, 0.15) is 0 Å². The minimum atomic E-state index is -3.45. The van der Waals surface area contributed by atoms with Gasteiger partial charge < -0.3 is 0 Å². The summed E-state index contributed by atoms with van der Waals surface area (Å²) in [5.74, 6) is 0. The third-order valence-electron chi connectivity index (χ3n) is 3.12. The third-order valence-corrected chi connectivity index (χ3v) is 5.72. The van der Waals surface area contributed by atoms with Crippen molar-refractivity contribution in [1.29, 1.82) is 0 Å². The molecular formula is C14H18N2O2S2. The van der Waals surface area contributed by atoms with E-state index in [1.807, 2.05) is 26.0 Å². The SMILES string of the molecule is Cc1ccc(C)c(S(=O)(=O)NCCc2scnc2C)c1. The highest BCUT2D eigenvalue weighted by atomic mass is 32.2. The lowest BCUT2D eigenvalue weighted by atomic mass is 10.2. The molecule has 0 atom stereocenters. The molecule has 0 aliphatic heterocycles. The van der Waals surface area contributed by atoms with Crippen molar-refractivity contribution in [3.05, 3.63) is 45.4 Å². The maximum Gasteiger partial charge on any atom is 0.240 e. The Morgan fingerprint density at radius 3 is 2.65 bits per heavy atom. The predicted molar refractivity (Wildman–Crippen MR) is 81.7 cm³/mol. The fraction of sp³-hybridized carbons (Fsp3) is 0.357. The summed E-state index contributed by atoms with van der Waals surface area (Å²) in [6.07, 6.45) is 0.667. The number of nitrogens with zero attached hydrogens (tertiary/aromatic N) is 1. The van der Waals surface area contributed by atoms with Crippen molar-refractivity contribution in [3.8, 4) is 0 Å². The molecule has 108 valence electrons. The van der Waals surface area contributed by atoms with Crippen molar-refractivity contribution >= 4 is 21.4 Å². The molecule has 0 spiro atoms. The molecule has 4 nitrogen and oxygen atoms in total. The first-order valence-electron chi connectivity index (χ1n) is 6.36. The van der Waals surface area contributed by atoms with Crippen LogP contribution in [-0.4, -0.2) is 19.9 Å². The zero-order valence-electron chi connectivity index (χ0n) is 11.8. The number of hydrogen-bond acceptors (Lipinski definition) is 4. The Labute approximate surface area is 123 Å². The van der Waals surface area contributed by atoms with Gasteiger partial charge in [-0.3, -0.25) is 0 Å². The second kappa shape index (κ2) is 6.03. The summed E-state index contributed by atoms with van der Waals surface area (Å²) in [4.78, 5) is 5.64. The van der Waals surface area contributed by atoms with Gasteiger partial charge in [-0.1, -0.05) is 12.1 Å². The summed E-state index contributed by atoms with van der Waals surface area (Å²) in [6.45, 7) is 6.02. The van der Waals surface area contributed by atoms with Gasteiger partial charge in [0.05, 0.1) is 16.1 Å². The molecule has 0 radical (unpaired) electrons. The van der Waals surface area contributed by atoms with Gasteiger partial charge in [-0.25, -0.2) is 18.1 Å². The smallest absolute Gasteiger partial charge is 0.240 e. The van der Waals surface area contributed by atoms with Crippen LogP contribution < -0.4 is 4.72 Å². The predicted octanol–water partition coefficient (Wildman–Crippen LogP) is 2.59. The van der Waals surface area contributed by atoms with Gasteiger partial charge in [-0.15, -0.1) is 11.3 Å². The van der Waals surface area contributed by atoms with E-state index < -0.39 is 10.0 Å². The van der Waals surface area contributed by atoms with Crippen LogP contribution in [-0.2, 0) is 16.4 Å².